The molecular formula is C16H31N. The Morgan fingerprint density at radius 2 is 1.12 bits per heavy atom. The van der Waals surface area contributed by atoms with Gasteiger partial charge in [0.2, 0.25) is 0 Å². The third kappa shape index (κ3) is 3.98. The van der Waals surface area contributed by atoms with E-state index in [0.717, 1.165) is 23.7 Å². The first-order valence-corrected chi connectivity index (χ1v) is 7.98. The summed E-state index contributed by atoms with van der Waals surface area (Å²) in [5.41, 5.74) is 0. The van der Waals surface area contributed by atoms with Crippen LogP contribution in [0.25, 0.3) is 0 Å². The van der Waals surface area contributed by atoms with Gasteiger partial charge in [-0.05, 0) is 49.6 Å². The van der Waals surface area contributed by atoms with E-state index in [9.17, 15) is 0 Å². The smallest absolute Gasteiger partial charge is 0.00179 e. The number of nitrogens with one attached hydrogen (secondary N) is 1. The minimum atomic E-state index is 0.958. The summed E-state index contributed by atoms with van der Waals surface area (Å²) in [6.45, 7) is 7.47. The SMILES string of the molecule is CC1CCCCC1CNCC1CCCCC1C. The lowest BCUT2D eigenvalue weighted by molar-refractivity contribution is 0.217. The fourth-order valence-electron chi connectivity index (χ4n) is 3.85. The molecule has 1 heteroatoms. The van der Waals surface area contributed by atoms with Crippen LogP contribution < -0.4 is 5.32 Å². The molecule has 1 nitrogen and oxygen atoms in total. The van der Waals surface area contributed by atoms with Gasteiger partial charge in [0.05, 0.1) is 0 Å². The molecule has 4 atom stereocenters. The normalized spacial score (nSPS) is 39.2. The maximum atomic E-state index is 3.79. The average molecular weight is 237 g/mol. The maximum absolute atomic E-state index is 3.79. The molecule has 1 N–H and O–H groups in total. The Morgan fingerprint density at radius 1 is 0.706 bits per heavy atom. The summed E-state index contributed by atoms with van der Waals surface area (Å²) in [6, 6.07) is 0. The molecule has 0 aromatic carbocycles. The topological polar surface area (TPSA) is 12.0 Å². The van der Waals surface area contributed by atoms with Crippen molar-refractivity contribution in [2.45, 2.75) is 65.2 Å². The van der Waals surface area contributed by atoms with Gasteiger partial charge in [-0.25, -0.2) is 0 Å². The monoisotopic (exact) mass is 237 g/mol. The van der Waals surface area contributed by atoms with E-state index >= 15 is 0 Å². The lowest BCUT2D eigenvalue weighted by Gasteiger charge is -2.32. The predicted molar refractivity (Wildman–Crippen MR) is 75.1 cm³/mol. The van der Waals surface area contributed by atoms with Gasteiger partial charge in [-0.15, -0.1) is 0 Å². The van der Waals surface area contributed by atoms with Gasteiger partial charge in [-0.2, -0.15) is 0 Å². The van der Waals surface area contributed by atoms with Crippen LogP contribution in [0, 0.1) is 23.7 Å². The molecule has 2 aliphatic carbocycles. The number of hydrogen-bond acceptors (Lipinski definition) is 1. The molecule has 2 rings (SSSR count). The fraction of sp³-hybridized carbons (Fsp3) is 1.00. The predicted octanol–water partition coefficient (Wildman–Crippen LogP) is 4.23. The maximum Gasteiger partial charge on any atom is -0.00179 e. The van der Waals surface area contributed by atoms with Crippen molar-refractivity contribution in [3.63, 3.8) is 0 Å². The van der Waals surface area contributed by atoms with Crippen LogP contribution in [0.5, 0.6) is 0 Å². The van der Waals surface area contributed by atoms with Crippen LogP contribution in [0.2, 0.25) is 0 Å². The lowest BCUT2D eigenvalue weighted by atomic mass is 9.79. The third-order valence-electron chi connectivity index (χ3n) is 5.39. The quantitative estimate of drug-likeness (QED) is 0.771. The van der Waals surface area contributed by atoms with Crippen LogP contribution in [-0.2, 0) is 0 Å². The van der Waals surface area contributed by atoms with Gasteiger partial charge in [0.1, 0.15) is 0 Å². The van der Waals surface area contributed by atoms with Crippen molar-refractivity contribution in [1.29, 1.82) is 0 Å². The lowest BCUT2D eigenvalue weighted by Crippen LogP contribution is -2.35. The van der Waals surface area contributed by atoms with Crippen molar-refractivity contribution in [3.8, 4) is 0 Å². The zero-order valence-electron chi connectivity index (χ0n) is 11.9. The van der Waals surface area contributed by atoms with Gasteiger partial charge < -0.3 is 5.32 Å². The van der Waals surface area contributed by atoms with E-state index < -0.39 is 0 Å². The number of rotatable bonds is 4. The molecule has 0 radical (unpaired) electrons. The summed E-state index contributed by atoms with van der Waals surface area (Å²) in [4.78, 5) is 0. The molecule has 17 heavy (non-hydrogen) atoms. The molecule has 4 unspecified atom stereocenters. The van der Waals surface area contributed by atoms with E-state index in [2.05, 4.69) is 19.2 Å². The molecule has 2 saturated carbocycles. The van der Waals surface area contributed by atoms with Gasteiger partial charge in [0, 0.05) is 0 Å². The molecule has 100 valence electrons. The summed E-state index contributed by atoms with van der Waals surface area (Å²) in [7, 11) is 0. The first-order valence-electron chi connectivity index (χ1n) is 7.98. The summed E-state index contributed by atoms with van der Waals surface area (Å²) in [5.74, 6) is 3.84. The van der Waals surface area contributed by atoms with Crippen molar-refractivity contribution < 1.29 is 0 Å². The Balaban J connectivity index is 1.64. The Morgan fingerprint density at radius 3 is 1.53 bits per heavy atom. The molecule has 0 spiro atoms. The van der Waals surface area contributed by atoms with E-state index in [0.29, 0.717) is 0 Å². The van der Waals surface area contributed by atoms with E-state index in [4.69, 9.17) is 0 Å². The molecule has 0 heterocycles. The zero-order chi connectivity index (χ0) is 12.1. The molecule has 0 aromatic heterocycles. The van der Waals surface area contributed by atoms with Crippen molar-refractivity contribution in [1.82, 2.24) is 5.32 Å². The average Bonchev–Trinajstić information content (AvgIpc) is 2.34. The van der Waals surface area contributed by atoms with Crippen LogP contribution in [0.4, 0.5) is 0 Å². The highest BCUT2D eigenvalue weighted by Gasteiger charge is 2.23. The van der Waals surface area contributed by atoms with Crippen LogP contribution in [-0.4, -0.2) is 13.1 Å². The van der Waals surface area contributed by atoms with Crippen LogP contribution >= 0.6 is 0 Å². The molecule has 0 aromatic rings. The number of hydrogen-bond donors (Lipinski definition) is 1. The molecule has 0 amide bonds. The van der Waals surface area contributed by atoms with Gasteiger partial charge >= 0.3 is 0 Å². The molecule has 2 aliphatic rings. The second-order valence-electron chi connectivity index (χ2n) is 6.70. The summed E-state index contributed by atoms with van der Waals surface area (Å²) in [5, 5.41) is 3.79. The first kappa shape index (κ1) is 13.4. The second kappa shape index (κ2) is 6.78. The van der Waals surface area contributed by atoms with Gasteiger partial charge in [-0.1, -0.05) is 52.4 Å². The zero-order valence-corrected chi connectivity index (χ0v) is 11.9. The van der Waals surface area contributed by atoms with Crippen LogP contribution in [0.1, 0.15) is 65.2 Å². The molecule has 2 fully saturated rings. The van der Waals surface area contributed by atoms with E-state index in [1.54, 1.807) is 0 Å². The Labute approximate surface area is 108 Å². The molecular weight excluding hydrogens is 206 g/mol. The summed E-state index contributed by atoms with van der Waals surface area (Å²) < 4.78 is 0. The largest absolute Gasteiger partial charge is 0.316 e. The highest BCUT2D eigenvalue weighted by Crippen LogP contribution is 2.30. The molecule has 0 saturated heterocycles. The van der Waals surface area contributed by atoms with Crippen molar-refractivity contribution in [3.05, 3.63) is 0 Å². The van der Waals surface area contributed by atoms with Crippen LogP contribution in [0.3, 0.4) is 0 Å². The Hall–Kier alpha value is -0.0400. The standard InChI is InChI=1S/C16H31N/c1-13-7-3-5-9-15(13)11-17-12-16-10-6-4-8-14(16)2/h13-17H,3-12H2,1-2H3. The van der Waals surface area contributed by atoms with Crippen LogP contribution in [0.15, 0.2) is 0 Å². The van der Waals surface area contributed by atoms with Gasteiger partial charge in [0.25, 0.3) is 0 Å². The van der Waals surface area contributed by atoms with Gasteiger partial charge in [-0.3, -0.25) is 0 Å². The Kier molecular flexibility index (Phi) is 5.34. The minimum absolute atomic E-state index is 0.958. The van der Waals surface area contributed by atoms with Crippen molar-refractivity contribution in [2.75, 3.05) is 13.1 Å². The highest BCUT2D eigenvalue weighted by molar-refractivity contribution is 4.77. The van der Waals surface area contributed by atoms with E-state index in [1.807, 2.05) is 0 Å². The Bertz CT molecular complexity index is 192. The van der Waals surface area contributed by atoms with E-state index in [-0.39, 0.29) is 0 Å². The fourth-order valence-corrected chi connectivity index (χ4v) is 3.85. The molecule has 0 bridgehead atoms. The minimum Gasteiger partial charge on any atom is -0.316 e. The highest BCUT2D eigenvalue weighted by atomic mass is 14.9. The molecule has 0 aliphatic heterocycles. The van der Waals surface area contributed by atoms with E-state index in [1.165, 1.54) is 64.5 Å². The third-order valence-corrected chi connectivity index (χ3v) is 5.39. The van der Waals surface area contributed by atoms with Crippen molar-refractivity contribution in [2.24, 2.45) is 23.7 Å². The van der Waals surface area contributed by atoms with Gasteiger partial charge in [0.15, 0.2) is 0 Å². The summed E-state index contributed by atoms with van der Waals surface area (Å²) in [6.07, 6.45) is 11.7. The second-order valence-corrected chi connectivity index (χ2v) is 6.70. The summed E-state index contributed by atoms with van der Waals surface area (Å²) >= 11 is 0. The van der Waals surface area contributed by atoms with Crippen molar-refractivity contribution >= 4 is 0 Å². The first-order chi connectivity index (χ1) is 8.27.